The average molecular weight is 468 g/mol. The van der Waals surface area contributed by atoms with Gasteiger partial charge in [-0.05, 0) is 48.1 Å². The zero-order valence-electron chi connectivity index (χ0n) is 17.1. The first-order valence-corrected chi connectivity index (χ1v) is 11.5. The van der Waals surface area contributed by atoms with E-state index in [1.165, 1.54) is 17.4 Å². The normalized spacial score (nSPS) is 13.8. The van der Waals surface area contributed by atoms with Crippen LogP contribution in [0.2, 0.25) is 5.02 Å². The van der Waals surface area contributed by atoms with E-state index in [-0.39, 0.29) is 17.9 Å². The van der Waals surface area contributed by atoms with Crippen LogP contribution in [0.5, 0.6) is 0 Å². The number of rotatable bonds is 8. The zero-order chi connectivity index (χ0) is 22.5. The highest BCUT2D eigenvalue weighted by molar-refractivity contribution is 7.12. The Morgan fingerprint density at radius 1 is 1.00 bits per heavy atom. The van der Waals surface area contributed by atoms with Gasteiger partial charge in [0.25, 0.3) is 11.8 Å². The highest BCUT2D eigenvalue weighted by Gasteiger charge is 2.29. The van der Waals surface area contributed by atoms with Crippen molar-refractivity contribution in [2.24, 2.45) is 0 Å². The average Bonchev–Trinajstić information content (AvgIpc) is 3.43. The van der Waals surface area contributed by atoms with Gasteiger partial charge in [0.05, 0.1) is 15.6 Å². The number of amides is 3. The van der Waals surface area contributed by atoms with Crippen LogP contribution < -0.4 is 16.0 Å². The Hall–Kier alpha value is -3.16. The monoisotopic (exact) mass is 467 g/mol. The molecule has 2 aromatic carbocycles. The molecule has 164 valence electrons. The molecule has 1 saturated carbocycles. The molecule has 1 unspecified atom stereocenters. The van der Waals surface area contributed by atoms with Gasteiger partial charge in [0.2, 0.25) is 5.91 Å². The van der Waals surface area contributed by atoms with Gasteiger partial charge in [0, 0.05) is 18.0 Å². The van der Waals surface area contributed by atoms with E-state index in [1.54, 1.807) is 29.6 Å². The van der Waals surface area contributed by atoms with Crippen molar-refractivity contribution in [3.8, 4) is 0 Å². The first kappa shape index (κ1) is 22.0. The Morgan fingerprint density at radius 2 is 1.78 bits per heavy atom. The number of hydrogen-bond acceptors (Lipinski definition) is 4. The number of nitrogens with one attached hydrogen (secondary N) is 3. The van der Waals surface area contributed by atoms with Gasteiger partial charge in [0.15, 0.2) is 0 Å². The van der Waals surface area contributed by atoms with Crippen LogP contribution in [0.25, 0.3) is 0 Å². The Kier molecular flexibility index (Phi) is 6.87. The molecule has 0 radical (unpaired) electrons. The lowest BCUT2D eigenvalue weighted by Crippen LogP contribution is -2.48. The summed E-state index contributed by atoms with van der Waals surface area (Å²) in [5.41, 5.74) is 1.58. The zero-order valence-corrected chi connectivity index (χ0v) is 18.7. The highest BCUT2D eigenvalue weighted by Crippen LogP contribution is 2.25. The minimum absolute atomic E-state index is 0.187. The maximum absolute atomic E-state index is 13.0. The van der Waals surface area contributed by atoms with E-state index in [0.717, 1.165) is 18.4 Å². The maximum atomic E-state index is 13.0. The molecule has 1 fully saturated rings. The third-order valence-corrected chi connectivity index (χ3v) is 6.25. The van der Waals surface area contributed by atoms with Crippen molar-refractivity contribution in [1.29, 1.82) is 0 Å². The predicted molar refractivity (Wildman–Crippen MR) is 126 cm³/mol. The fourth-order valence-electron chi connectivity index (χ4n) is 3.18. The smallest absolute Gasteiger partial charge is 0.265 e. The van der Waals surface area contributed by atoms with E-state index in [9.17, 15) is 14.4 Å². The second-order valence-electron chi connectivity index (χ2n) is 7.62. The quantitative estimate of drug-likeness (QED) is 0.462. The van der Waals surface area contributed by atoms with Crippen LogP contribution in [0.3, 0.4) is 0 Å². The lowest BCUT2D eigenvalue weighted by molar-refractivity contribution is -0.123. The van der Waals surface area contributed by atoms with Crippen LogP contribution in [-0.2, 0) is 11.2 Å². The molecule has 0 spiro atoms. The third kappa shape index (κ3) is 5.75. The lowest BCUT2D eigenvalue weighted by Gasteiger charge is -2.19. The van der Waals surface area contributed by atoms with Gasteiger partial charge in [-0.25, -0.2) is 0 Å². The highest BCUT2D eigenvalue weighted by atomic mass is 35.5. The summed E-state index contributed by atoms with van der Waals surface area (Å²) in [7, 11) is 0. The first-order chi connectivity index (χ1) is 15.5. The number of hydrogen-bond donors (Lipinski definition) is 3. The van der Waals surface area contributed by atoms with Gasteiger partial charge in [-0.1, -0.05) is 48.0 Å². The molecule has 6 nitrogen and oxygen atoms in total. The van der Waals surface area contributed by atoms with Gasteiger partial charge >= 0.3 is 0 Å². The van der Waals surface area contributed by atoms with E-state index in [0.29, 0.717) is 27.6 Å². The Balaban J connectivity index is 1.49. The van der Waals surface area contributed by atoms with Crippen molar-refractivity contribution in [2.45, 2.75) is 31.3 Å². The van der Waals surface area contributed by atoms with Crippen molar-refractivity contribution in [1.82, 2.24) is 10.6 Å². The maximum Gasteiger partial charge on any atom is 0.265 e. The van der Waals surface area contributed by atoms with Gasteiger partial charge < -0.3 is 16.0 Å². The first-order valence-electron chi connectivity index (χ1n) is 10.3. The molecule has 32 heavy (non-hydrogen) atoms. The van der Waals surface area contributed by atoms with Crippen molar-refractivity contribution < 1.29 is 14.4 Å². The number of carbonyl (C=O) groups is 3. The van der Waals surface area contributed by atoms with E-state index in [4.69, 9.17) is 11.6 Å². The number of benzene rings is 2. The summed E-state index contributed by atoms with van der Waals surface area (Å²) in [5.74, 6) is -0.921. The molecule has 1 heterocycles. The standard InChI is InChI=1S/C24H22ClN3O3S/c25-18-11-8-16(14-19(18)27-24(31)21-7-4-12-32-21)22(29)28-20(23(30)26-17-9-10-17)13-15-5-2-1-3-6-15/h1-8,11-12,14,17,20H,9-10,13H2,(H,26,30)(H,27,31)(H,28,29). The van der Waals surface area contributed by atoms with E-state index < -0.39 is 11.9 Å². The van der Waals surface area contributed by atoms with E-state index in [1.807, 2.05) is 30.3 Å². The molecule has 0 aliphatic heterocycles. The minimum Gasteiger partial charge on any atom is -0.352 e. The summed E-state index contributed by atoms with van der Waals surface area (Å²) in [4.78, 5) is 38.7. The Labute approximate surface area is 195 Å². The third-order valence-electron chi connectivity index (χ3n) is 5.05. The molecule has 1 atom stereocenters. The van der Waals surface area contributed by atoms with Gasteiger partial charge in [-0.15, -0.1) is 11.3 Å². The lowest BCUT2D eigenvalue weighted by atomic mass is 10.0. The van der Waals surface area contributed by atoms with Crippen molar-refractivity contribution in [3.05, 3.63) is 87.1 Å². The van der Waals surface area contributed by atoms with Crippen molar-refractivity contribution in [3.63, 3.8) is 0 Å². The molecule has 1 aliphatic rings. The largest absolute Gasteiger partial charge is 0.352 e. The molecule has 8 heteroatoms. The topological polar surface area (TPSA) is 87.3 Å². The van der Waals surface area contributed by atoms with Crippen molar-refractivity contribution >= 4 is 46.3 Å². The van der Waals surface area contributed by atoms with Crippen LogP contribution >= 0.6 is 22.9 Å². The number of halogens is 1. The van der Waals surface area contributed by atoms with Gasteiger partial charge in [0.1, 0.15) is 6.04 Å². The molecular formula is C24H22ClN3O3S. The molecule has 4 rings (SSSR count). The summed E-state index contributed by atoms with van der Waals surface area (Å²) in [6.45, 7) is 0. The molecule has 0 saturated heterocycles. The number of thiophene rings is 1. The molecule has 3 aromatic rings. The second-order valence-corrected chi connectivity index (χ2v) is 8.98. The molecule has 3 N–H and O–H groups in total. The Bertz CT molecular complexity index is 1110. The van der Waals surface area contributed by atoms with Crippen molar-refractivity contribution in [2.75, 3.05) is 5.32 Å². The Morgan fingerprint density at radius 3 is 2.47 bits per heavy atom. The minimum atomic E-state index is -0.717. The van der Waals surface area contributed by atoms with Crippen LogP contribution in [-0.4, -0.2) is 29.8 Å². The summed E-state index contributed by atoms with van der Waals surface area (Å²) >= 11 is 7.54. The molecule has 1 aromatic heterocycles. The van der Waals surface area contributed by atoms with Crippen LogP contribution in [0.15, 0.2) is 66.0 Å². The van der Waals surface area contributed by atoms with Gasteiger partial charge in [-0.3, -0.25) is 14.4 Å². The fourth-order valence-corrected chi connectivity index (χ4v) is 3.97. The number of carbonyl (C=O) groups excluding carboxylic acids is 3. The van der Waals surface area contributed by atoms with Crippen LogP contribution in [0.1, 0.15) is 38.4 Å². The summed E-state index contributed by atoms with van der Waals surface area (Å²) in [6.07, 6.45) is 2.30. The summed E-state index contributed by atoms with van der Waals surface area (Å²) < 4.78 is 0. The summed E-state index contributed by atoms with van der Waals surface area (Å²) in [5, 5.41) is 10.7. The SMILES string of the molecule is O=C(NC(Cc1ccccc1)C(=O)NC1CC1)c1ccc(Cl)c(NC(=O)c2cccs2)c1. The van der Waals surface area contributed by atoms with E-state index >= 15 is 0 Å². The molecule has 0 bridgehead atoms. The predicted octanol–water partition coefficient (Wildman–Crippen LogP) is 4.27. The van der Waals surface area contributed by atoms with Crippen LogP contribution in [0, 0.1) is 0 Å². The number of anilines is 1. The van der Waals surface area contributed by atoms with Crippen LogP contribution in [0.4, 0.5) is 5.69 Å². The summed E-state index contributed by atoms with van der Waals surface area (Å²) in [6, 6.07) is 17.1. The van der Waals surface area contributed by atoms with E-state index in [2.05, 4.69) is 16.0 Å². The second kappa shape index (κ2) is 9.97. The molecule has 3 amide bonds. The van der Waals surface area contributed by atoms with Gasteiger partial charge in [-0.2, -0.15) is 0 Å². The molecule has 1 aliphatic carbocycles. The molecular weight excluding hydrogens is 446 g/mol. The fraction of sp³-hybridized carbons (Fsp3) is 0.208.